The number of hydrogen-bond acceptors (Lipinski definition) is 3. The van der Waals surface area contributed by atoms with Crippen LogP contribution in [0.3, 0.4) is 0 Å². The molecule has 1 aliphatic heterocycles. The molecule has 0 atom stereocenters. The fourth-order valence-electron chi connectivity index (χ4n) is 3.14. The highest BCUT2D eigenvalue weighted by Crippen LogP contribution is 2.31. The summed E-state index contributed by atoms with van der Waals surface area (Å²) >= 11 is 0. The summed E-state index contributed by atoms with van der Waals surface area (Å²) in [5.74, 6) is 1.04. The first-order valence-electron chi connectivity index (χ1n) is 8.32. The van der Waals surface area contributed by atoms with Crippen molar-refractivity contribution in [2.75, 3.05) is 37.5 Å². The topological polar surface area (TPSA) is 32.8 Å². The quantitative estimate of drug-likeness (QED) is 0.846. The fraction of sp³-hybridized carbons (Fsp3) is 0.350. The fourth-order valence-corrected chi connectivity index (χ4v) is 3.14. The second kappa shape index (κ2) is 6.95. The molecule has 4 nitrogen and oxygen atoms in total. The van der Waals surface area contributed by atoms with Gasteiger partial charge in [0.25, 0.3) is 0 Å². The van der Waals surface area contributed by atoms with E-state index in [-0.39, 0.29) is 5.91 Å². The van der Waals surface area contributed by atoms with Gasteiger partial charge in [0.05, 0.1) is 7.11 Å². The first-order valence-corrected chi connectivity index (χ1v) is 8.32. The molecule has 0 saturated heterocycles. The molecule has 2 aromatic carbocycles. The molecular weight excluding hydrogens is 300 g/mol. The Labute approximate surface area is 143 Å². The number of aryl methyl sites for hydroxylation is 1. The number of carbonyl (C=O) groups excluding carboxylic acids is 1. The van der Waals surface area contributed by atoms with E-state index in [4.69, 9.17) is 4.74 Å². The van der Waals surface area contributed by atoms with Gasteiger partial charge in [0.1, 0.15) is 5.75 Å². The highest BCUT2D eigenvalue weighted by molar-refractivity contribution is 5.95. The van der Waals surface area contributed by atoms with Gasteiger partial charge in [-0.15, -0.1) is 0 Å². The maximum atomic E-state index is 12.6. The second-order valence-corrected chi connectivity index (χ2v) is 6.35. The minimum atomic E-state index is 0.189. The molecule has 0 radical (unpaired) electrons. The molecule has 1 heterocycles. The van der Waals surface area contributed by atoms with Gasteiger partial charge in [-0.2, -0.15) is 0 Å². The van der Waals surface area contributed by atoms with Crippen LogP contribution in [0.2, 0.25) is 0 Å². The van der Waals surface area contributed by atoms with Gasteiger partial charge in [-0.3, -0.25) is 4.79 Å². The van der Waals surface area contributed by atoms with Gasteiger partial charge in [0.2, 0.25) is 5.91 Å². The Hall–Kier alpha value is -2.49. The average Bonchev–Trinajstić information content (AvgIpc) is 3.03. The molecule has 0 fully saturated rings. The number of carbonyl (C=O) groups is 1. The van der Waals surface area contributed by atoms with Crippen LogP contribution in [0, 0.1) is 0 Å². The van der Waals surface area contributed by atoms with E-state index in [1.165, 1.54) is 16.8 Å². The molecule has 0 saturated carbocycles. The Morgan fingerprint density at radius 2 is 2.04 bits per heavy atom. The first-order chi connectivity index (χ1) is 11.6. The van der Waals surface area contributed by atoms with Gasteiger partial charge < -0.3 is 14.5 Å². The lowest BCUT2D eigenvalue weighted by atomic mass is 10.1. The maximum absolute atomic E-state index is 12.6. The van der Waals surface area contributed by atoms with Gasteiger partial charge in [-0.25, -0.2) is 0 Å². The minimum Gasteiger partial charge on any atom is -0.497 e. The molecule has 3 rings (SSSR count). The van der Waals surface area contributed by atoms with Crippen molar-refractivity contribution in [1.29, 1.82) is 0 Å². The summed E-state index contributed by atoms with van der Waals surface area (Å²) in [5, 5.41) is 0. The van der Waals surface area contributed by atoms with Crippen LogP contribution in [0.4, 0.5) is 11.4 Å². The normalized spacial score (nSPS) is 12.9. The average molecular weight is 324 g/mol. The molecule has 4 heteroatoms. The zero-order valence-electron chi connectivity index (χ0n) is 14.6. The number of nitrogens with zero attached hydrogens (tertiary/aromatic N) is 2. The SMILES string of the molecule is COc1ccc2c(c1)CCN2C(=O)CCc1cccc(N(C)C)c1. The Balaban J connectivity index is 1.66. The lowest BCUT2D eigenvalue weighted by Crippen LogP contribution is -2.29. The second-order valence-electron chi connectivity index (χ2n) is 6.35. The van der Waals surface area contributed by atoms with Crippen LogP contribution < -0.4 is 14.5 Å². The van der Waals surface area contributed by atoms with E-state index >= 15 is 0 Å². The Bertz CT molecular complexity index is 740. The van der Waals surface area contributed by atoms with Crippen molar-refractivity contribution >= 4 is 17.3 Å². The van der Waals surface area contributed by atoms with E-state index in [0.717, 1.165) is 30.8 Å². The zero-order chi connectivity index (χ0) is 17.1. The van der Waals surface area contributed by atoms with Crippen molar-refractivity contribution in [2.24, 2.45) is 0 Å². The van der Waals surface area contributed by atoms with E-state index < -0.39 is 0 Å². The van der Waals surface area contributed by atoms with Crippen molar-refractivity contribution in [1.82, 2.24) is 0 Å². The summed E-state index contributed by atoms with van der Waals surface area (Å²) in [6.45, 7) is 0.763. The molecule has 0 aliphatic carbocycles. The van der Waals surface area contributed by atoms with E-state index in [9.17, 15) is 4.79 Å². The third-order valence-corrected chi connectivity index (χ3v) is 4.54. The number of methoxy groups -OCH3 is 1. The molecular formula is C20H24N2O2. The summed E-state index contributed by atoms with van der Waals surface area (Å²) in [6.07, 6.45) is 2.19. The molecule has 0 unspecified atom stereocenters. The van der Waals surface area contributed by atoms with Crippen molar-refractivity contribution in [2.45, 2.75) is 19.3 Å². The number of ether oxygens (including phenoxy) is 1. The Morgan fingerprint density at radius 1 is 1.21 bits per heavy atom. The van der Waals surface area contributed by atoms with E-state index in [2.05, 4.69) is 23.1 Å². The molecule has 2 aromatic rings. The monoisotopic (exact) mass is 324 g/mol. The molecule has 1 amide bonds. The Morgan fingerprint density at radius 3 is 2.79 bits per heavy atom. The van der Waals surface area contributed by atoms with Crippen LogP contribution in [-0.2, 0) is 17.6 Å². The molecule has 126 valence electrons. The molecule has 0 bridgehead atoms. The minimum absolute atomic E-state index is 0.189. The van der Waals surface area contributed by atoms with Crippen molar-refractivity contribution in [3.8, 4) is 5.75 Å². The van der Waals surface area contributed by atoms with Crippen LogP contribution in [-0.4, -0.2) is 33.7 Å². The van der Waals surface area contributed by atoms with Crippen LogP contribution in [0.15, 0.2) is 42.5 Å². The number of hydrogen-bond donors (Lipinski definition) is 0. The van der Waals surface area contributed by atoms with Gasteiger partial charge in [0.15, 0.2) is 0 Å². The highest BCUT2D eigenvalue weighted by Gasteiger charge is 2.24. The molecule has 1 aliphatic rings. The highest BCUT2D eigenvalue weighted by atomic mass is 16.5. The molecule has 0 aromatic heterocycles. The van der Waals surface area contributed by atoms with Crippen molar-refractivity contribution < 1.29 is 9.53 Å². The van der Waals surface area contributed by atoms with Crippen LogP contribution >= 0.6 is 0 Å². The lowest BCUT2D eigenvalue weighted by Gasteiger charge is -2.18. The molecule has 0 spiro atoms. The lowest BCUT2D eigenvalue weighted by molar-refractivity contribution is -0.118. The summed E-state index contributed by atoms with van der Waals surface area (Å²) in [6, 6.07) is 14.3. The molecule has 0 N–H and O–H groups in total. The third kappa shape index (κ3) is 3.37. The summed E-state index contributed by atoms with van der Waals surface area (Å²) < 4.78 is 5.26. The summed E-state index contributed by atoms with van der Waals surface area (Å²) in [5.41, 5.74) is 4.59. The van der Waals surface area contributed by atoms with E-state index in [1.54, 1.807) is 7.11 Å². The van der Waals surface area contributed by atoms with E-state index in [0.29, 0.717) is 6.42 Å². The van der Waals surface area contributed by atoms with Gasteiger partial charge >= 0.3 is 0 Å². The first kappa shape index (κ1) is 16.4. The summed E-state index contributed by atoms with van der Waals surface area (Å²) in [4.78, 5) is 16.6. The maximum Gasteiger partial charge on any atom is 0.227 e. The number of rotatable bonds is 5. The Kier molecular flexibility index (Phi) is 4.74. The molecule has 24 heavy (non-hydrogen) atoms. The predicted octanol–water partition coefficient (Wildman–Crippen LogP) is 3.28. The van der Waals surface area contributed by atoms with Gasteiger partial charge in [-0.1, -0.05) is 12.1 Å². The van der Waals surface area contributed by atoms with Crippen molar-refractivity contribution in [3.63, 3.8) is 0 Å². The van der Waals surface area contributed by atoms with Crippen LogP contribution in [0.25, 0.3) is 0 Å². The van der Waals surface area contributed by atoms with Crippen molar-refractivity contribution in [3.05, 3.63) is 53.6 Å². The standard InChI is InChI=1S/C20H24N2O2/c1-21(2)17-6-4-5-15(13-17)7-10-20(23)22-12-11-16-14-18(24-3)8-9-19(16)22/h4-6,8-9,13-14H,7,10-12H2,1-3H3. The van der Waals surface area contributed by atoms with Crippen LogP contribution in [0.5, 0.6) is 5.75 Å². The van der Waals surface area contributed by atoms with Crippen LogP contribution in [0.1, 0.15) is 17.5 Å². The predicted molar refractivity (Wildman–Crippen MR) is 98.1 cm³/mol. The summed E-state index contributed by atoms with van der Waals surface area (Å²) in [7, 11) is 5.72. The number of benzene rings is 2. The van der Waals surface area contributed by atoms with Gasteiger partial charge in [-0.05, 0) is 54.3 Å². The smallest absolute Gasteiger partial charge is 0.227 e. The third-order valence-electron chi connectivity index (χ3n) is 4.54. The number of amides is 1. The number of fused-ring (bicyclic) bond motifs is 1. The van der Waals surface area contributed by atoms with E-state index in [1.807, 2.05) is 43.3 Å². The largest absolute Gasteiger partial charge is 0.497 e. The van der Waals surface area contributed by atoms with Gasteiger partial charge in [0, 0.05) is 38.4 Å². The zero-order valence-corrected chi connectivity index (χ0v) is 14.6. The number of anilines is 2.